The monoisotopic (exact) mass is 423 g/mol. The lowest BCUT2D eigenvalue weighted by Crippen LogP contribution is -2.37. The molecule has 4 nitrogen and oxygen atoms in total. The van der Waals surface area contributed by atoms with Gasteiger partial charge >= 0.3 is 5.97 Å². The molecule has 1 heterocycles. The fourth-order valence-electron chi connectivity index (χ4n) is 5.83. The van der Waals surface area contributed by atoms with Gasteiger partial charge in [0.25, 0.3) is 0 Å². The maximum Gasteiger partial charge on any atom is 0.352 e. The van der Waals surface area contributed by atoms with Crippen LogP contribution in [0, 0.1) is 17.9 Å². The van der Waals surface area contributed by atoms with Gasteiger partial charge in [-0.2, -0.15) is 0 Å². The van der Waals surface area contributed by atoms with Crippen LogP contribution in [0.1, 0.15) is 113 Å². The van der Waals surface area contributed by atoms with Crippen molar-refractivity contribution < 1.29 is 14.3 Å². The van der Waals surface area contributed by atoms with Crippen LogP contribution in [-0.2, 0) is 14.9 Å². The summed E-state index contributed by atoms with van der Waals surface area (Å²) in [5.41, 5.74) is 2.73. The molecule has 31 heavy (non-hydrogen) atoms. The number of hydrogen-bond acceptors (Lipinski definition) is 3. The molecule has 3 rings (SSSR count). The van der Waals surface area contributed by atoms with Gasteiger partial charge in [-0.05, 0) is 59.8 Å². The van der Waals surface area contributed by atoms with Crippen molar-refractivity contribution in [3.63, 3.8) is 0 Å². The van der Waals surface area contributed by atoms with Crippen LogP contribution in [0.15, 0.2) is 18.2 Å². The quantitative estimate of drug-likeness (QED) is 0.326. The molecule has 1 aromatic rings. The molecule has 4 heteroatoms. The predicted molar refractivity (Wildman–Crippen MR) is 124 cm³/mol. The zero-order valence-corrected chi connectivity index (χ0v) is 19.6. The molecule has 2 aliphatic rings. The van der Waals surface area contributed by atoms with Crippen LogP contribution < -0.4 is 0 Å². The van der Waals surface area contributed by atoms with Crippen molar-refractivity contribution in [2.45, 2.75) is 96.9 Å². The number of carbonyl (C=O) groups excluding carboxylic acids is 2. The summed E-state index contributed by atoms with van der Waals surface area (Å²) in [6.45, 7) is 9.90. The molecular formula is C27H37NO3. The van der Waals surface area contributed by atoms with Gasteiger partial charge in [-0.3, -0.25) is 4.79 Å². The molecule has 1 aliphatic carbocycles. The Hall–Kier alpha value is -2.28. The van der Waals surface area contributed by atoms with E-state index in [1.54, 1.807) is 6.07 Å². The number of carbonyl (C=O) groups is 2. The third-order valence-electron chi connectivity index (χ3n) is 6.93. The fourth-order valence-corrected chi connectivity index (χ4v) is 5.83. The number of esters is 1. The topological polar surface area (TPSA) is 46.6 Å². The Labute approximate surface area is 187 Å². The van der Waals surface area contributed by atoms with Crippen molar-refractivity contribution in [1.82, 2.24) is 4.90 Å². The molecule has 1 saturated heterocycles. The third-order valence-corrected chi connectivity index (χ3v) is 6.93. The van der Waals surface area contributed by atoms with Crippen molar-refractivity contribution in [2.24, 2.45) is 5.41 Å². The number of rotatable bonds is 2. The van der Waals surface area contributed by atoms with E-state index >= 15 is 0 Å². The molecule has 0 N–H and O–H groups in total. The van der Waals surface area contributed by atoms with E-state index in [-0.39, 0.29) is 22.8 Å². The summed E-state index contributed by atoms with van der Waals surface area (Å²) in [5, 5.41) is 0. The lowest BCUT2D eigenvalue weighted by atomic mass is 9.72. The summed E-state index contributed by atoms with van der Waals surface area (Å²) in [7, 11) is 0. The second-order valence-corrected chi connectivity index (χ2v) is 10.7. The van der Waals surface area contributed by atoms with Crippen LogP contribution in [0.4, 0.5) is 0 Å². The third kappa shape index (κ3) is 5.50. The minimum absolute atomic E-state index is 0.0442. The van der Waals surface area contributed by atoms with Gasteiger partial charge in [0.1, 0.15) is 6.11 Å². The van der Waals surface area contributed by atoms with Gasteiger partial charge in [-0.15, -0.1) is 0 Å². The largest absolute Gasteiger partial charge is 0.369 e. The number of nitrogens with zero attached hydrogens (tertiary/aromatic N) is 1. The van der Waals surface area contributed by atoms with E-state index in [1.807, 2.05) is 18.2 Å². The SMILES string of the molecule is C#COC(=O)c1ccc2c(c1)C(N1CCCCCCCCC1=O)CC(C)(C)CC2(C)C. The predicted octanol–water partition coefficient (Wildman–Crippen LogP) is 6.15. The molecule has 1 fully saturated rings. The molecule has 1 aromatic carbocycles. The number of terminal acetylenes is 1. The number of hydrogen-bond donors (Lipinski definition) is 0. The lowest BCUT2D eigenvalue weighted by molar-refractivity contribution is -0.134. The van der Waals surface area contributed by atoms with Crippen molar-refractivity contribution in [3.8, 4) is 12.5 Å². The number of benzene rings is 1. The highest BCUT2D eigenvalue weighted by molar-refractivity contribution is 5.90. The fraction of sp³-hybridized carbons (Fsp3) is 0.630. The Morgan fingerprint density at radius 2 is 1.77 bits per heavy atom. The summed E-state index contributed by atoms with van der Waals surface area (Å²) in [5.74, 6) is -0.275. The van der Waals surface area contributed by atoms with Crippen LogP contribution in [0.25, 0.3) is 0 Å². The van der Waals surface area contributed by atoms with Crippen molar-refractivity contribution in [3.05, 3.63) is 34.9 Å². The molecule has 1 unspecified atom stereocenters. The first-order valence-corrected chi connectivity index (χ1v) is 11.8. The Morgan fingerprint density at radius 3 is 2.48 bits per heavy atom. The van der Waals surface area contributed by atoms with Gasteiger partial charge in [0.05, 0.1) is 11.6 Å². The second kappa shape index (κ2) is 9.47. The molecule has 1 atom stereocenters. The molecule has 0 spiro atoms. The average Bonchev–Trinajstić information content (AvgIpc) is 2.77. The summed E-state index contributed by atoms with van der Waals surface area (Å²) in [6, 6.07) is 5.73. The van der Waals surface area contributed by atoms with Gasteiger partial charge in [-0.1, -0.05) is 65.9 Å². The van der Waals surface area contributed by atoms with Gasteiger partial charge in [-0.25, -0.2) is 4.79 Å². The first-order chi connectivity index (χ1) is 14.6. The summed E-state index contributed by atoms with van der Waals surface area (Å²) in [6.07, 6.45) is 16.4. The van der Waals surface area contributed by atoms with Crippen LogP contribution in [0.5, 0.6) is 0 Å². The van der Waals surface area contributed by atoms with E-state index in [9.17, 15) is 9.59 Å². The molecule has 168 valence electrons. The van der Waals surface area contributed by atoms with Crippen LogP contribution in [-0.4, -0.2) is 23.3 Å². The smallest absolute Gasteiger partial charge is 0.352 e. The van der Waals surface area contributed by atoms with Gasteiger partial charge in [0.2, 0.25) is 5.91 Å². The first-order valence-electron chi connectivity index (χ1n) is 11.8. The minimum atomic E-state index is -0.516. The Morgan fingerprint density at radius 1 is 1.10 bits per heavy atom. The van der Waals surface area contributed by atoms with Gasteiger partial charge in [0.15, 0.2) is 0 Å². The molecule has 0 bridgehead atoms. The molecule has 1 amide bonds. The molecule has 1 aliphatic heterocycles. The number of ether oxygens (including phenoxy) is 1. The van der Waals surface area contributed by atoms with Crippen molar-refractivity contribution in [1.29, 1.82) is 0 Å². The minimum Gasteiger partial charge on any atom is -0.369 e. The van der Waals surface area contributed by atoms with E-state index in [2.05, 4.69) is 32.6 Å². The highest BCUT2D eigenvalue weighted by Gasteiger charge is 2.41. The molecule has 0 saturated carbocycles. The summed E-state index contributed by atoms with van der Waals surface area (Å²) < 4.78 is 4.82. The van der Waals surface area contributed by atoms with E-state index in [4.69, 9.17) is 11.2 Å². The van der Waals surface area contributed by atoms with Gasteiger partial charge < -0.3 is 9.64 Å². The Kier molecular flexibility index (Phi) is 7.14. The Balaban J connectivity index is 2.10. The van der Waals surface area contributed by atoms with Crippen molar-refractivity contribution >= 4 is 11.9 Å². The standard InChI is InChI=1S/C27H37NO3/c1-6-31-25(30)20-14-15-22-21(17-20)23(18-26(2,3)19-27(22,4)5)28-16-12-10-8-7-9-11-13-24(28)29/h1,14-15,17,23H,7-13,16,18-19H2,2-5H3. The molecule has 0 aromatic heterocycles. The van der Waals surface area contributed by atoms with Crippen LogP contribution in [0.2, 0.25) is 0 Å². The Bertz CT molecular complexity index is 862. The van der Waals surface area contributed by atoms with Crippen LogP contribution in [0.3, 0.4) is 0 Å². The van der Waals surface area contributed by atoms with Crippen LogP contribution >= 0.6 is 0 Å². The van der Waals surface area contributed by atoms with Gasteiger partial charge in [0, 0.05) is 13.0 Å². The molecule has 0 radical (unpaired) electrons. The number of amides is 1. The zero-order valence-electron chi connectivity index (χ0n) is 19.6. The first kappa shape index (κ1) is 23.4. The number of fused-ring (bicyclic) bond motifs is 1. The highest BCUT2D eigenvalue weighted by Crippen LogP contribution is 2.50. The maximum absolute atomic E-state index is 13.4. The summed E-state index contributed by atoms with van der Waals surface area (Å²) >= 11 is 0. The van der Waals surface area contributed by atoms with E-state index in [0.29, 0.717) is 12.0 Å². The highest BCUT2D eigenvalue weighted by atomic mass is 16.5. The maximum atomic E-state index is 13.4. The van der Waals surface area contributed by atoms with E-state index in [1.165, 1.54) is 18.4 Å². The molecular weight excluding hydrogens is 386 g/mol. The van der Waals surface area contributed by atoms with Crippen molar-refractivity contribution in [2.75, 3.05) is 6.54 Å². The van der Waals surface area contributed by atoms with E-state index < -0.39 is 5.97 Å². The average molecular weight is 424 g/mol. The zero-order chi connectivity index (χ0) is 22.6. The lowest BCUT2D eigenvalue weighted by Gasteiger charge is -2.37. The second-order valence-electron chi connectivity index (χ2n) is 10.7. The summed E-state index contributed by atoms with van der Waals surface area (Å²) in [4.78, 5) is 27.9. The normalized spacial score (nSPS) is 23.8. The van der Waals surface area contributed by atoms with E-state index in [0.717, 1.165) is 50.6 Å².